The Morgan fingerprint density at radius 2 is 2.00 bits per heavy atom. The molecule has 0 bridgehead atoms. The lowest BCUT2D eigenvalue weighted by Crippen LogP contribution is -2.52. The number of nitrogens with one attached hydrogen (secondary N) is 1. The quantitative estimate of drug-likeness (QED) is 0.670. The predicted octanol–water partition coefficient (Wildman–Crippen LogP) is 2.35. The maximum Gasteiger partial charge on any atom is 0.194 e. The van der Waals surface area contributed by atoms with Gasteiger partial charge >= 0.3 is 0 Å². The van der Waals surface area contributed by atoms with E-state index in [1.165, 1.54) is 5.56 Å². The van der Waals surface area contributed by atoms with E-state index in [9.17, 15) is 5.11 Å². The van der Waals surface area contributed by atoms with E-state index in [2.05, 4.69) is 36.9 Å². The first-order valence-corrected chi connectivity index (χ1v) is 8.72. The molecule has 1 aromatic carbocycles. The first kappa shape index (κ1) is 15.7. The fourth-order valence-corrected chi connectivity index (χ4v) is 3.47. The van der Waals surface area contributed by atoms with Crippen molar-refractivity contribution in [2.75, 3.05) is 38.1 Å². The number of hydrogen-bond donors (Lipinski definition) is 2. The summed E-state index contributed by atoms with van der Waals surface area (Å²) in [5, 5.41) is 17.6. The molecular formula is C17H22N4OS. The van der Waals surface area contributed by atoms with Gasteiger partial charge in [-0.15, -0.1) is 0 Å². The second-order valence-corrected chi connectivity index (χ2v) is 6.28. The molecule has 0 atom stereocenters. The summed E-state index contributed by atoms with van der Waals surface area (Å²) in [5.41, 5.74) is 2.19. The minimum atomic E-state index is 0.348. The molecule has 2 aromatic rings. The van der Waals surface area contributed by atoms with Crippen LogP contribution >= 0.6 is 11.3 Å². The van der Waals surface area contributed by atoms with Crippen molar-refractivity contribution in [3.05, 3.63) is 46.7 Å². The van der Waals surface area contributed by atoms with Crippen LogP contribution in [0.2, 0.25) is 0 Å². The van der Waals surface area contributed by atoms with Crippen LogP contribution in [0.4, 0.5) is 5.69 Å². The van der Waals surface area contributed by atoms with Crippen molar-refractivity contribution in [3.8, 4) is 5.75 Å². The molecule has 2 N–H and O–H groups in total. The summed E-state index contributed by atoms with van der Waals surface area (Å²) < 4.78 is 0. The fraction of sp³-hybridized carbons (Fsp3) is 0.353. The smallest absolute Gasteiger partial charge is 0.194 e. The number of anilines is 1. The van der Waals surface area contributed by atoms with Gasteiger partial charge in [0, 0.05) is 39.8 Å². The SMILES string of the molecule is CN=C(NCc1ccsc1)N1CCN(c2ccccc2O)CC1. The lowest BCUT2D eigenvalue weighted by Gasteiger charge is -2.37. The summed E-state index contributed by atoms with van der Waals surface area (Å²) in [7, 11) is 1.82. The zero-order chi connectivity index (χ0) is 16.1. The predicted molar refractivity (Wildman–Crippen MR) is 96.4 cm³/mol. The molecule has 3 rings (SSSR count). The van der Waals surface area contributed by atoms with Gasteiger partial charge in [0.25, 0.3) is 0 Å². The number of hydrogen-bond acceptors (Lipinski definition) is 4. The van der Waals surface area contributed by atoms with Crippen LogP contribution in [0.3, 0.4) is 0 Å². The van der Waals surface area contributed by atoms with E-state index in [1.54, 1.807) is 17.4 Å². The highest BCUT2D eigenvalue weighted by atomic mass is 32.1. The van der Waals surface area contributed by atoms with Crippen molar-refractivity contribution in [3.63, 3.8) is 0 Å². The van der Waals surface area contributed by atoms with Gasteiger partial charge < -0.3 is 20.2 Å². The van der Waals surface area contributed by atoms with Crippen molar-refractivity contribution in [2.45, 2.75) is 6.54 Å². The first-order chi connectivity index (χ1) is 11.3. The van der Waals surface area contributed by atoms with E-state index in [0.717, 1.165) is 44.4 Å². The number of rotatable bonds is 3. The molecule has 2 heterocycles. The molecule has 23 heavy (non-hydrogen) atoms. The van der Waals surface area contributed by atoms with Crippen LogP contribution in [0.25, 0.3) is 0 Å². The van der Waals surface area contributed by atoms with Crippen LogP contribution in [0.15, 0.2) is 46.1 Å². The standard InChI is InChI=1S/C17H22N4OS/c1-18-17(19-12-14-6-11-23-13-14)21-9-7-20(8-10-21)15-4-2-3-5-16(15)22/h2-6,11,13,22H,7-10,12H2,1H3,(H,18,19). The maximum absolute atomic E-state index is 9.98. The molecule has 0 amide bonds. The molecule has 1 aromatic heterocycles. The molecule has 1 saturated heterocycles. The minimum Gasteiger partial charge on any atom is -0.506 e. The van der Waals surface area contributed by atoms with E-state index in [0.29, 0.717) is 5.75 Å². The monoisotopic (exact) mass is 330 g/mol. The third kappa shape index (κ3) is 3.76. The van der Waals surface area contributed by atoms with E-state index < -0.39 is 0 Å². The number of thiophene rings is 1. The number of aromatic hydroxyl groups is 1. The van der Waals surface area contributed by atoms with Gasteiger partial charge in [-0.1, -0.05) is 12.1 Å². The number of guanidine groups is 1. The van der Waals surface area contributed by atoms with Crippen LogP contribution in [0.5, 0.6) is 5.75 Å². The van der Waals surface area contributed by atoms with Crippen LogP contribution in [-0.4, -0.2) is 49.2 Å². The van der Waals surface area contributed by atoms with Crippen LogP contribution in [0.1, 0.15) is 5.56 Å². The Bertz CT molecular complexity index is 648. The zero-order valence-electron chi connectivity index (χ0n) is 13.3. The van der Waals surface area contributed by atoms with Gasteiger partial charge in [-0.3, -0.25) is 4.99 Å². The maximum atomic E-state index is 9.98. The highest BCUT2D eigenvalue weighted by Gasteiger charge is 2.21. The first-order valence-electron chi connectivity index (χ1n) is 7.77. The van der Waals surface area contributed by atoms with Crippen molar-refractivity contribution in [1.82, 2.24) is 10.2 Å². The Labute approximate surface area is 140 Å². The molecule has 6 heteroatoms. The fourth-order valence-electron chi connectivity index (χ4n) is 2.80. The Morgan fingerprint density at radius 3 is 2.65 bits per heavy atom. The summed E-state index contributed by atoms with van der Waals surface area (Å²) in [6.45, 7) is 4.32. The summed E-state index contributed by atoms with van der Waals surface area (Å²) in [6, 6.07) is 9.65. The van der Waals surface area contributed by atoms with Gasteiger partial charge in [0.1, 0.15) is 5.75 Å². The molecule has 0 unspecified atom stereocenters. The van der Waals surface area contributed by atoms with Crippen molar-refractivity contribution in [1.29, 1.82) is 0 Å². The third-order valence-corrected chi connectivity index (χ3v) is 4.78. The van der Waals surface area contributed by atoms with Crippen molar-refractivity contribution < 1.29 is 5.11 Å². The molecule has 0 aliphatic carbocycles. The molecule has 0 saturated carbocycles. The molecule has 5 nitrogen and oxygen atoms in total. The molecule has 1 aliphatic rings. The molecular weight excluding hydrogens is 308 g/mol. The van der Waals surface area contributed by atoms with Crippen molar-refractivity contribution >= 4 is 23.0 Å². The average molecular weight is 330 g/mol. The number of piperazine rings is 1. The Kier molecular flexibility index (Phi) is 5.02. The van der Waals surface area contributed by atoms with E-state index in [4.69, 9.17) is 0 Å². The Hall–Kier alpha value is -2.21. The lowest BCUT2D eigenvalue weighted by molar-refractivity contribution is 0.369. The molecule has 0 spiro atoms. The van der Waals surface area contributed by atoms with Gasteiger partial charge in [0.2, 0.25) is 0 Å². The summed E-state index contributed by atoms with van der Waals surface area (Å²) in [6.07, 6.45) is 0. The number of phenolic OH excluding ortho intramolecular Hbond substituents is 1. The van der Waals surface area contributed by atoms with E-state index >= 15 is 0 Å². The Balaban J connectivity index is 1.56. The summed E-state index contributed by atoms with van der Waals surface area (Å²) in [4.78, 5) is 8.88. The van der Waals surface area contributed by atoms with Gasteiger partial charge in [-0.25, -0.2) is 0 Å². The average Bonchev–Trinajstić information content (AvgIpc) is 3.10. The van der Waals surface area contributed by atoms with Gasteiger partial charge in [0.05, 0.1) is 5.69 Å². The lowest BCUT2D eigenvalue weighted by atomic mass is 10.2. The van der Waals surface area contributed by atoms with Gasteiger partial charge in [-0.2, -0.15) is 11.3 Å². The number of nitrogens with zero attached hydrogens (tertiary/aromatic N) is 3. The van der Waals surface area contributed by atoms with E-state index in [1.807, 2.05) is 25.2 Å². The zero-order valence-corrected chi connectivity index (χ0v) is 14.1. The second kappa shape index (κ2) is 7.37. The van der Waals surface area contributed by atoms with Crippen molar-refractivity contribution in [2.24, 2.45) is 4.99 Å². The highest BCUT2D eigenvalue weighted by molar-refractivity contribution is 7.07. The van der Waals surface area contributed by atoms with Crippen LogP contribution in [0, 0.1) is 0 Å². The van der Waals surface area contributed by atoms with Crippen LogP contribution in [-0.2, 0) is 6.54 Å². The number of benzene rings is 1. The molecule has 122 valence electrons. The summed E-state index contributed by atoms with van der Waals surface area (Å²) in [5.74, 6) is 1.29. The topological polar surface area (TPSA) is 51.1 Å². The Morgan fingerprint density at radius 1 is 1.22 bits per heavy atom. The molecule has 1 aliphatic heterocycles. The highest BCUT2D eigenvalue weighted by Crippen LogP contribution is 2.27. The summed E-state index contributed by atoms with van der Waals surface area (Å²) >= 11 is 1.71. The number of phenols is 1. The third-order valence-electron chi connectivity index (χ3n) is 4.04. The molecule has 0 radical (unpaired) electrons. The largest absolute Gasteiger partial charge is 0.506 e. The number of para-hydroxylation sites is 2. The van der Waals surface area contributed by atoms with Crippen LogP contribution < -0.4 is 10.2 Å². The molecule has 1 fully saturated rings. The van der Waals surface area contributed by atoms with Gasteiger partial charge in [-0.05, 0) is 34.5 Å². The second-order valence-electron chi connectivity index (χ2n) is 5.50. The van der Waals surface area contributed by atoms with E-state index in [-0.39, 0.29) is 0 Å². The normalized spacial score (nSPS) is 15.8. The minimum absolute atomic E-state index is 0.348. The number of aliphatic imine (C=N–C) groups is 1. The van der Waals surface area contributed by atoms with Gasteiger partial charge in [0.15, 0.2) is 5.96 Å².